The Morgan fingerprint density at radius 1 is 1.06 bits per heavy atom. The van der Waals surface area contributed by atoms with Crippen LogP contribution in [-0.4, -0.2) is 29.8 Å². The fourth-order valence-corrected chi connectivity index (χ4v) is 4.38. The molecule has 0 spiro atoms. The second kappa shape index (κ2) is 12.1. The highest BCUT2D eigenvalue weighted by Gasteiger charge is 2.26. The quantitative estimate of drug-likeness (QED) is 0.126. The summed E-state index contributed by atoms with van der Waals surface area (Å²) in [5.41, 5.74) is 5.57. The van der Waals surface area contributed by atoms with Crippen LogP contribution in [0.1, 0.15) is 84.1 Å². The molecule has 0 fully saturated rings. The van der Waals surface area contributed by atoms with E-state index in [0.717, 1.165) is 16.7 Å². The zero-order valence-corrected chi connectivity index (χ0v) is 24.6. The van der Waals surface area contributed by atoms with Gasteiger partial charge in [0.2, 0.25) is 5.91 Å². The van der Waals surface area contributed by atoms with Gasteiger partial charge >= 0.3 is 5.97 Å². The molecule has 2 aromatic rings. The molecule has 0 aromatic heterocycles. The summed E-state index contributed by atoms with van der Waals surface area (Å²) in [6.45, 7) is 16.0. The van der Waals surface area contributed by atoms with Gasteiger partial charge in [0.15, 0.2) is 11.5 Å². The Balaban J connectivity index is 2.13. The van der Waals surface area contributed by atoms with E-state index >= 15 is 0 Å². The number of phenols is 1. The molecule has 0 aliphatic rings. The number of phenolic OH excluding ortho intramolecular Hbond substituents is 1. The maximum absolute atomic E-state index is 12.5. The first kappa shape index (κ1) is 29.6. The molecule has 0 aliphatic carbocycles. The summed E-state index contributed by atoms with van der Waals surface area (Å²) in [5.74, 6) is 0.479. The van der Waals surface area contributed by atoms with Crippen LogP contribution in [0.5, 0.6) is 17.2 Å². The van der Waals surface area contributed by atoms with Crippen molar-refractivity contribution in [2.45, 2.75) is 79.1 Å². The third kappa shape index (κ3) is 8.21. The van der Waals surface area contributed by atoms with E-state index in [1.165, 1.54) is 13.1 Å². The lowest BCUT2D eigenvalue weighted by Crippen LogP contribution is -2.20. The van der Waals surface area contributed by atoms with Crippen molar-refractivity contribution in [3.8, 4) is 17.2 Å². The fraction of sp³-hybridized carbons (Fsp3) is 0.464. The zero-order valence-electron chi connectivity index (χ0n) is 22.4. The molecule has 36 heavy (non-hydrogen) atoms. The lowest BCUT2D eigenvalue weighted by molar-refractivity contribution is -0.132. The van der Waals surface area contributed by atoms with Crippen LogP contribution in [0.25, 0.3) is 0 Å². The molecule has 0 bridgehead atoms. The molecule has 8 heteroatoms. The van der Waals surface area contributed by atoms with Crippen molar-refractivity contribution in [1.82, 2.24) is 5.43 Å². The number of benzene rings is 2. The van der Waals surface area contributed by atoms with E-state index in [4.69, 9.17) is 9.47 Å². The van der Waals surface area contributed by atoms with Gasteiger partial charge in [-0.1, -0.05) is 53.7 Å². The molecule has 2 rings (SSSR count). The van der Waals surface area contributed by atoms with E-state index in [1.54, 1.807) is 12.1 Å². The SMILES string of the molecule is CCOc1cc(/C=N\NC(=O)CCc2cc(C(C)(C)C)c(O)c(C(C)(C)C)c2)cc(I)c1OC(C)=O. The summed E-state index contributed by atoms with van der Waals surface area (Å²) < 4.78 is 11.6. The summed E-state index contributed by atoms with van der Waals surface area (Å²) in [6, 6.07) is 7.47. The van der Waals surface area contributed by atoms with Gasteiger partial charge in [0, 0.05) is 13.3 Å². The number of carbonyl (C=O) groups excluding carboxylic acids is 2. The van der Waals surface area contributed by atoms with Crippen LogP contribution in [0, 0.1) is 3.57 Å². The van der Waals surface area contributed by atoms with Crippen LogP contribution in [0.2, 0.25) is 0 Å². The molecule has 2 N–H and O–H groups in total. The van der Waals surface area contributed by atoms with Crippen LogP contribution < -0.4 is 14.9 Å². The number of esters is 1. The summed E-state index contributed by atoms with van der Waals surface area (Å²) in [6.07, 6.45) is 2.30. The van der Waals surface area contributed by atoms with Gasteiger partial charge in [-0.05, 0) is 81.2 Å². The fourth-order valence-electron chi connectivity index (χ4n) is 3.64. The molecular formula is C28H37IN2O5. The van der Waals surface area contributed by atoms with E-state index in [2.05, 4.69) is 74.7 Å². The summed E-state index contributed by atoms with van der Waals surface area (Å²) in [4.78, 5) is 23.9. The zero-order chi connectivity index (χ0) is 27.3. The number of amides is 1. The first-order valence-electron chi connectivity index (χ1n) is 12.0. The Hall–Kier alpha value is -2.62. The largest absolute Gasteiger partial charge is 0.507 e. The van der Waals surface area contributed by atoms with E-state index in [0.29, 0.717) is 39.4 Å². The monoisotopic (exact) mass is 608 g/mol. The van der Waals surface area contributed by atoms with Crippen molar-refractivity contribution in [2.75, 3.05) is 6.61 Å². The minimum atomic E-state index is -0.430. The van der Waals surface area contributed by atoms with Gasteiger partial charge in [-0.3, -0.25) is 9.59 Å². The van der Waals surface area contributed by atoms with Gasteiger partial charge in [-0.15, -0.1) is 0 Å². The van der Waals surface area contributed by atoms with E-state index in [9.17, 15) is 14.7 Å². The number of hydrogen-bond acceptors (Lipinski definition) is 6. The average Bonchev–Trinajstić information content (AvgIpc) is 2.73. The van der Waals surface area contributed by atoms with E-state index < -0.39 is 5.97 Å². The normalized spacial score (nSPS) is 12.0. The second-order valence-electron chi connectivity index (χ2n) is 10.7. The van der Waals surface area contributed by atoms with Gasteiger partial charge < -0.3 is 14.6 Å². The molecule has 2 aromatic carbocycles. The van der Waals surface area contributed by atoms with Crippen LogP contribution in [0.4, 0.5) is 0 Å². The second-order valence-corrected chi connectivity index (χ2v) is 11.9. The maximum atomic E-state index is 12.5. The van der Waals surface area contributed by atoms with Crippen LogP contribution in [0.3, 0.4) is 0 Å². The highest BCUT2D eigenvalue weighted by Crippen LogP contribution is 2.40. The number of aromatic hydroxyl groups is 1. The third-order valence-electron chi connectivity index (χ3n) is 5.41. The average molecular weight is 609 g/mol. The van der Waals surface area contributed by atoms with Crippen molar-refractivity contribution in [1.29, 1.82) is 0 Å². The minimum absolute atomic E-state index is 0.217. The molecule has 0 saturated carbocycles. The molecule has 0 saturated heterocycles. The third-order valence-corrected chi connectivity index (χ3v) is 6.21. The van der Waals surface area contributed by atoms with Crippen molar-refractivity contribution >= 4 is 40.7 Å². The first-order chi connectivity index (χ1) is 16.6. The van der Waals surface area contributed by atoms with Gasteiger partial charge in [0.05, 0.1) is 16.4 Å². The number of hydrazone groups is 1. The van der Waals surface area contributed by atoms with Crippen LogP contribution >= 0.6 is 22.6 Å². The topological polar surface area (TPSA) is 97.2 Å². The molecule has 0 heterocycles. The Bertz CT molecular complexity index is 1110. The van der Waals surface area contributed by atoms with Crippen LogP contribution in [0.15, 0.2) is 29.4 Å². The van der Waals surface area contributed by atoms with Gasteiger partial charge in [0.1, 0.15) is 5.75 Å². The van der Waals surface area contributed by atoms with Crippen molar-refractivity contribution in [2.24, 2.45) is 5.10 Å². The number of nitrogens with one attached hydrogen (secondary N) is 1. The molecule has 0 unspecified atom stereocenters. The first-order valence-corrected chi connectivity index (χ1v) is 13.0. The Kier molecular flexibility index (Phi) is 9.93. The Morgan fingerprint density at radius 2 is 1.64 bits per heavy atom. The van der Waals surface area contributed by atoms with Gasteiger partial charge in [-0.25, -0.2) is 5.43 Å². The van der Waals surface area contributed by atoms with Gasteiger partial charge in [-0.2, -0.15) is 5.10 Å². The lowest BCUT2D eigenvalue weighted by atomic mass is 9.78. The van der Waals surface area contributed by atoms with Crippen LogP contribution in [-0.2, 0) is 26.8 Å². The molecule has 7 nitrogen and oxygen atoms in total. The number of halogens is 1. The lowest BCUT2D eigenvalue weighted by Gasteiger charge is -2.28. The Labute approximate surface area is 227 Å². The van der Waals surface area contributed by atoms with Gasteiger partial charge in [0.25, 0.3) is 0 Å². The molecule has 1 amide bonds. The number of carbonyl (C=O) groups is 2. The van der Waals surface area contributed by atoms with E-state index in [-0.39, 0.29) is 23.2 Å². The standard InChI is InChI=1S/C28H37IN2O5/c1-9-35-23-15-19(14-22(29)26(23)36-17(2)32)16-30-31-24(33)11-10-18-12-20(27(3,4)5)25(34)21(13-18)28(6,7)8/h12-16,34H,9-11H2,1-8H3,(H,31,33)/b30-16-. The maximum Gasteiger partial charge on any atom is 0.308 e. The molecular weight excluding hydrogens is 571 g/mol. The summed E-state index contributed by atoms with van der Waals surface area (Å²) in [5, 5.41) is 15.0. The number of nitrogens with zero attached hydrogens (tertiary/aromatic N) is 1. The molecule has 0 aliphatic heterocycles. The minimum Gasteiger partial charge on any atom is -0.507 e. The summed E-state index contributed by atoms with van der Waals surface area (Å²) in [7, 11) is 0. The van der Waals surface area contributed by atoms with Crippen molar-refractivity contribution in [3.63, 3.8) is 0 Å². The number of rotatable bonds is 8. The Morgan fingerprint density at radius 3 is 2.14 bits per heavy atom. The molecule has 0 radical (unpaired) electrons. The predicted octanol–water partition coefficient (Wildman–Crippen LogP) is 6.00. The highest BCUT2D eigenvalue weighted by molar-refractivity contribution is 14.1. The molecule has 0 atom stereocenters. The smallest absolute Gasteiger partial charge is 0.308 e. The highest BCUT2D eigenvalue weighted by atomic mass is 127. The molecule has 196 valence electrons. The van der Waals surface area contributed by atoms with E-state index in [1.807, 2.05) is 19.1 Å². The predicted molar refractivity (Wildman–Crippen MR) is 151 cm³/mol. The number of aryl methyl sites for hydroxylation is 1. The van der Waals surface area contributed by atoms with Crippen molar-refractivity contribution < 1.29 is 24.2 Å². The summed E-state index contributed by atoms with van der Waals surface area (Å²) >= 11 is 2.06. The number of ether oxygens (including phenoxy) is 2. The number of hydrogen-bond donors (Lipinski definition) is 2. The van der Waals surface area contributed by atoms with Crippen molar-refractivity contribution in [3.05, 3.63) is 50.1 Å².